The summed E-state index contributed by atoms with van der Waals surface area (Å²) in [6.07, 6.45) is 2.12. The smallest absolute Gasteiger partial charge is 0.322 e. The van der Waals surface area contributed by atoms with E-state index in [0.29, 0.717) is 24.6 Å². The monoisotopic (exact) mass is 377 g/mol. The summed E-state index contributed by atoms with van der Waals surface area (Å²) in [7, 11) is 0. The van der Waals surface area contributed by atoms with Crippen LogP contribution < -0.4 is 10.2 Å². The predicted molar refractivity (Wildman–Crippen MR) is 111 cm³/mol. The molecule has 0 unspecified atom stereocenters. The molecule has 0 bridgehead atoms. The first-order valence-electron chi connectivity index (χ1n) is 10.0. The molecule has 3 amide bonds. The van der Waals surface area contributed by atoms with E-state index in [2.05, 4.69) is 36.5 Å². The van der Waals surface area contributed by atoms with Gasteiger partial charge < -0.3 is 10.2 Å². The summed E-state index contributed by atoms with van der Waals surface area (Å²) < 4.78 is 0. The van der Waals surface area contributed by atoms with Crippen molar-refractivity contribution in [2.45, 2.75) is 32.6 Å². The quantitative estimate of drug-likeness (QED) is 0.883. The van der Waals surface area contributed by atoms with E-state index in [1.807, 2.05) is 30.0 Å². The molecule has 0 aromatic heterocycles. The van der Waals surface area contributed by atoms with Gasteiger partial charge in [0, 0.05) is 43.3 Å². The van der Waals surface area contributed by atoms with Crippen LogP contribution >= 0.6 is 0 Å². The molecule has 0 spiro atoms. The Morgan fingerprint density at radius 3 is 2.71 bits per heavy atom. The maximum Gasteiger partial charge on any atom is 0.322 e. The van der Waals surface area contributed by atoms with E-state index in [0.717, 1.165) is 37.2 Å². The topological polar surface area (TPSA) is 52.7 Å². The van der Waals surface area contributed by atoms with Gasteiger partial charge in [0.15, 0.2) is 0 Å². The number of rotatable bonds is 3. The first-order chi connectivity index (χ1) is 13.5. The molecule has 28 heavy (non-hydrogen) atoms. The van der Waals surface area contributed by atoms with Gasteiger partial charge in [-0.2, -0.15) is 0 Å². The number of hydrogen-bond donors (Lipinski definition) is 1. The summed E-state index contributed by atoms with van der Waals surface area (Å²) in [6, 6.07) is 14.2. The van der Waals surface area contributed by atoms with Gasteiger partial charge in [-0.3, -0.25) is 9.69 Å². The van der Waals surface area contributed by atoms with Crippen molar-refractivity contribution < 1.29 is 9.59 Å². The zero-order valence-electron chi connectivity index (χ0n) is 16.6. The maximum atomic E-state index is 13.2. The minimum absolute atomic E-state index is 0.0539. The standard InChI is InChI=1S/C23H27N3O2/c1-16-5-3-6-18(13-16)20-7-4-11-25(15-20)22(27)19-9-8-17(2)21(14-19)26-12-10-24-23(26)28/h3,5-6,8-9,13-14,20H,4,7,10-12,15H2,1-2H3,(H,24,28)/t20-/m1/s1. The highest BCUT2D eigenvalue weighted by molar-refractivity contribution is 5.99. The van der Waals surface area contributed by atoms with Crippen LogP contribution in [0.4, 0.5) is 10.5 Å². The highest BCUT2D eigenvalue weighted by atomic mass is 16.2. The lowest BCUT2D eigenvalue weighted by atomic mass is 9.89. The third kappa shape index (κ3) is 3.61. The number of aryl methyl sites for hydroxylation is 2. The van der Waals surface area contributed by atoms with Crippen molar-refractivity contribution in [2.75, 3.05) is 31.1 Å². The van der Waals surface area contributed by atoms with E-state index in [-0.39, 0.29) is 11.9 Å². The summed E-state index contributed by atoms with van der Waals surface area (Å²) in [5.41, 5.74) is 5.06. The van der Waals surface area contributed by atoms with Gasteiger partial charge in [0.2, 0.25) is 0 Å². The maximum absolute atomic E-state index is 13.2. The van der Waals surface area contributed by atoms with Crippen LogP contribution in [0.3, 0.4) is 0 Å². The minimum atomic E-state index is -0.0924. The number of piperidine rings is 1. The molecule has 2 heterocycles. The Balaban J connectivity index is 1.55. The second-order valence-electron chi connectivity index (χ2n) is 7.89. The number of benzene rings is 2. The molecule has 146 valence electrons. The number of carbonyl (C=O) groups excluding carboxylic acids is 2. The largest absolute Gasteiger partial charge is 0.338 e. The normalized spacial score (nSPS) is 19.6. The van der Waals surface area contributed by atoms with Crippen LogP contribution in [0.2, 0.25) is 0 Å². The molecule has 2 fully saturated rings. The molecule has 2 aliphatic heterocycles. The Labute approximate surface area is 166 Å². The zero-order chi connectivity index (χ0) is 19.7. The van der Waals surface area contributed by atoms with Crippen LogP contribution in [0.1, 0.15) is 45.8 Å². The summed E-state index contributed by atoms with van der Waals surface area (Å²) in [5.74, 6) is 0.435. The number of hydrogen-bond acceptors (Lipinski definition) is 2. The van der Waals surface area contributed by atoms with Gasteiger partial charge in [0.1, 0.15) is 0 Å². The van der Waals surface area contributed by atoms with Gasteiger partial charge in [-0.25, -0.2) is 4.79 Å². The Hall–Kier alpha value is -2.82. The molecule has 1 atom stereocenters. The molecule has 5 heteroatoms. The average Bonchev–Trinajstić information content (AvgIpc) is 3.13. The highest BCUT2D eigenvalue weighted by Gasteiger charge is 2.27. The molecule has 2 aromatic carbocycles. The fourth-order valence-electron chi connectivity index (χ4n) is 4.28. The van der Waals surface area contributed by atoms with Crippen LogP contribution in [0, 0.1) is 13.8 Å². The summed E-state index contributed by atoms with van der Waals surface area (Å²) in [4.78, 5) is 29.0. The number of amides is 3. The van der Waals surface area contributed by atoms with Crippen LogP contribution in [0.25, 0.3) is 0 Å². The number of anilines is 1. The van der Waals surface area contributed by atoms with Crippen molar-refractivity contribution in [3.8, 4) is 0 Å². The van der Waals surface area contributed by atoms with E-state index < -0.39 is 0 Å². The molecular formula is C23H27N3O2. The average molecular weight is 377 g/mol. The van der Waals surface area contributed by atoms with Gasteiger partial charge in [0.05, 0.1) is 0 Å². The van der Waals surface area contributed by atoms with Crippen LogP contribution in [0.5, 0.6) is 0 Å². The Kier molecular flexibility index (Phi) is 5.07. The second-order valence-corrected chi connectivity index (χ2v) is 7.89. The van der Waals surface area contributed by atoms with Crippen LogP contribution in [-0.2, 0) is 0 Å². The zero-order valence-corrected chi connectivity index (χ0v) is 16.6. The molecule has 0 aliphatic carbocycles. The van der Waals surface area contributed by atoms with Crippen molar-refractivity contribution in [2.24, 2.45) is 0 Å². The van der Waals surface area contributed by atoms with Crippen LogP contribution in [-0.4, -0.2) is 43.0 Å². The number of urea groups is 1. The first kappa shape index (κ1) is 18.5. The Morgan fingerprint density at radius 1 is 1.11 bits per heavy atom. The molecule has 4 rings (SSSR count). The lowest BCUT2D eigenvalue weighted by Crippen LogP contribution is -2.39. The van der Waals surface area contributed by atoms with Gasteiger partial charge in [-0.1, -0.05) is 35.9 Å². The first-order valence-corrected chi connectivity index (χ1v) is 10.0. The molecular weight excluding hydrogens is 350 g/mol. The van der Waals surface area contributed by atoms with Crippen molar-refractivity contribution in [3.63, 3.8) is 0 Å². The SMILES string of the molecule is Cc1cccc([C@@H]2CCCN(C(=O)c3ccc(C)c(N4CCNC4=O)c3)C2)c1. The van der Waals surface area contributed by atoms with Crippen molar-refractivity contribution in [3.05, 3.63) is 64.7 Å². The molecule has 2 saturated heterocycles. The molecule has 5 nitrogen and oxygen atoms in total. The highest BCUT2D eigenvalue weighted by Crippen LogP contribution is 2.29. The number of likely N-dealkylation sites (tertiary alicyclic amines) is 1. The lowest BCUT2D eigenvalue weighted by Gasteiger charge is -2.33. The summed E-state index contributed by atoms with van der Waals surface area (Å²) in [6.45, 7) is 6.89. The lowest BCUT2D eigenvalue weighted by molar-refractivity contribution is 0.0707. The van der Waals surface area contributed by atoms with Gasteiger partial charge in [-0.15, -0.1) is 0 Å². The van der Waals surface area contributed by atoms with Crippen molar-refractivity contribution >= 4 is 17.6 Å². The number of nitrogens with zero attached hydrogens (tertiary/aromatic N) is 2. The van der Waals surface area contributed by atoms with Gasteiger partial charge in [0.25, 0.3) is 5.91 Å². The van der Waals surface area contributed by atoms with E-state index in [9.17, 15) is 9.59 Å². The van der Waals surface area contributed by atoms with E-state index in [1.54, 1.807) is 4.90 Å². The molecule has 0 saturated carbocycles. The van der Waals surface area contributed by atoms with E-state index in [4.69, 9.17) is 0 Å². The molecule has 2 aliphatic rings. The van der Waals surface area contributed by atoms with Gasteiger partial charge >= 0.3 is 6.03 Å². The summed E-state index contributed by atoms with van der Waals surface area (Å²) >= 11 is 0. The fraction of sp³-hybridized carbons (Fsp3) is 0.391. The molecule has 2 aromatic rings. The van der Waals surface area contributed by atoms with E-state index >= 15 is 0 Å². The third-order valence-electron chi connectivity index (χ3n) is 5.83. The fourth-order valence-corrected chi connectivity index (χ4v) is 4.28. The van der Waals surface area contributed by atoms with Gasteiger partial charge in [-0.05, 0) is 49.9 Å². The van der Waals surface area contributed by atoms with Crippen LogP contribution in [0.15, 0.2) is 42.5 Å². The molecule has 1 N–H and O–H groups in total. The number of nitrogens with one attached hydrogen (secondary N) is 1. The van der Waals surface area contributed by atoms with E-state index in [1.165, 1.54) is 11.1 Å². The number of carbonyl (C=O) groups is 2. The predicted octanol–water partition coefficient (Wildman–Crippen LogP) is 3.85. The minimum Gasteiger partial charge on any atom is -0.338 e. The summed E-state index contributed by atoms with van der Waals surface area (Å²) in [5, 5.41) is 2.83. The van der Waals surface area contributed by atoms with Crippen molar-refractivity contribution in [1.29, 1.82) is 0 Å². The second kappa shape index (κ2) is 7.66. The van der Waals surface area contributed by atoms with Crippen molar-refractivity contribution in [1.82, 2.24) is 10.2 Å². The Bertz CT molecular complexity index is 908. The third-order valence-corrected chi connectivity index (χ3v) is 5.83. The molecule has 0 radical (unpaired) electrons. The Morgan fingerprint density at radius 2 is 1.96 bits per heavy atom.